The summed E-state index contributed by atoms with van der Waals surface area (Å²) in [6.07, 6.45) is 1.26. The van der Waals surface area contributed by atoms with Gasteiger partial charge in [-0.2, -0.15) is 18.3 Å². The van der Waals surface area contributed by atoms with Gasteiger partial charge in [-0.05, 0) is 32.0 Å². The van der Waals surface area contributed by atoms with Crippen molar-refractivity contribution in [2.24, 2.45) is 0 Å². The number of nitrogens with zero attached hydrogens (tertiary/aromatic N) is 6. The first-order valence-corrected chi connectivity index (χ1v) is 10.1. The van der Waals surface area contributed by atoms with Gasteiger partial charge in [0.2, 0.25) is 5.95 Å². The smallest absolute Gasteiger partial charge is 0.367 e. The standard InChI is InChI=1S/C21H20F3N7O/c1-12-9-30(11-18(32-12)15-7-27-29-13(15)2)20-25-6-5-16(28-20)17-8-26-19-4-3-14(10-31(17)19)21(22,23)24/h3-8,10,12,18H,9,11H2,1-2H3,(H,27,29)/t12-,18-/m0/s1. The van der Waals surface area contributed by atoms with E-state index in [9.17, 15) is 13.2 Å². The number of nitrogens with one attached hydrogen (secondary N) is 1. The van der Waals surface area contributed by atoms with Crippen LogP contribution in [0.2, 0.25) is 0 Å². The zero-order valence-corrected chi connectivity index (χ0v) is 17.3. The number of aromatic nitrogens is 6. The van der Waals surface area contributed by atoms with Crippen LogP contribution in [0.3, 0.4) is 0 Å². The molecule has 166 valence electrons. The second kappa shape index (κ2) is 7.59. The Morgan fingerprint density at radius 2 is 2.00 bits per heavy atom. The molecule has 4 aromatic heterocycles. The van der Waals surface area contributed by atoms with Crippen LogP contribution >= 0.6 is 0 Å². The quantitative estimate of drug-likeness (QED) is 0.519. The summed E-state index contributed by atoms with van der Waals surface area (Å²) >= 11 is 0. The van der Waals surface area contributed by atoms with Crippen molar-refractivity contribution in [3.05, 3.63) is 59.8 Å². The first-order chi connectivity index (χ1) is 15.3. The molecule has 1 N–H and O–H groups in total. The summed E-state index contributed by atoms with van der Waals surface area (Å²) in [6.45, 7) is 5.00. The molecule has 32 heavy (non-hydrogen) atoms. The van der Waals surface area contributed by atoms with Gasteiger partial charge in [-0.3, -0.25) is 9.50 Å². The summed E-state index contributed by atoms with van der Waals surface area (Å²) in [5.74, 6) is 0.478. The highest BCUT2D eigenvalue weighted by molar-refractivity contribution is 5.61. The number of ether oxygens (including phenoxy) is 1. The molecule has 5 heterocycles. The Labute approximate surface area is 181 Å². The molecular formula is C21H20F3N7O. The minimum atomic E-state index is -4.45. The summed E-state index contributed by atoms with van der Waals surface area (Å²) in [5.41, 5.74) is 2.43. The van der Waals surface area contributed by atoms with Gasteiger partial charge in [-0.25, -0.2) is 15.0 Å². The second-order valence-electron chi connectivity index (χ2n) is 7.80. The van der Waals surface area contributed by atoms with Gasteiger partial charge in [0.25, 0.3) is 0 Å². The maximum Gasteiger partial charge on any atom is 0.417 e. The number of aromatic amines is 1. The number of imidazole rings is 1. The molecule has 1 fully saturated rings. The molecule has 11 heteroatoms. The van der Waals surface area contributed by atoms with Crippen LogP contribution in [0, 0.1) is 6.92 Å². The zero-order valence-electron chi connectivity index (χ0n) is 17.3. The maximum absolute atomic E-state index is 13.2. The predicted octanol–water partition coefficient (Wildman–Crippen LogP) is 3.81. The number of pyridine rings is 1. The van der Waals surface area contributed by atoms with Crippen molar-refractivity contribution in [3.63, 3.8) is 0 Å². The molecule has 4 aromatic rings. The number of fused-ring (bicyclic) bond motifs is 1. The third-order valence-electron chi connectivity index (χ3n) is 5.50. The first kappa shape index (κ1) is 20.4. The molecule has 0 bridgehead atoms. The summed E-state index contributed by atoms with van der Waals surface area (Å²) in [7, 11) is 0. The van der Waals surface area contributed by atoms with Gasteiger partial charge in [0.05, 0.1) is 41.5 Å². The Hall–Kier alpha value is -3.47. The van der Waals surface area contributed by atoms with E-state index in [2.05, 4.69) is 25.1 Å². The number of hydrogen-bond acceptors (Lipinski definition) is 6. The lowest BCUT2D eigenvalue weighted by molar-refractivity contribution is -0.137. The summed E-state index contributed by atoms with van der Waals surface area (Å²) < 4.78 is 47.1. The van der Waals surface area contributed by atoms with Crippen LogP contribution in [-0.2, 0) is 10.9 Å². The van der Waals surface area contributed by atoms with Crippen molar-refractivity contribution < 1.29 is 17.9 Å². The molecule has 0 unspecified atom stereocenters. The number of anilines is 1. The van der Waals surface area contributed by atoms with Crippen molar-refractivity contribution in [1.29, 1.82) is 0 Å². The lowest BCUT2D eigenvalue weighted by Crippen LogP contribution is -2.43. The third-order valence-corrected chi connectivity index (χ3v) is 5.50. The number of H-pyrrole nitrogens is 1. The van der Waals surface area contributed by atoms with Crippen LogP contribution in [0.15, 0.2) is 43.0 Å². The van der Waals surface area contributed by atoms with Crippen LogP contribution in [0.4, 0.5) is 19.1 Å². The van der Waals surface area contributed by atoms with Crippen LogP contribution in [0.1, 0.15) is 29.8 Å². The van der Waals surface area contributed by atoms with E-state index in [0.717, 1.165) is 23.5 Å². The molecule has 0 saturated carbocycles. The fourth-order valence-electron chi connectivity index (χ4n) is 3.96. The van der Waals surface area contributed by atoms with Gasteiger partial charge < -0.3 is 9.64 Å². The monoisotopic (exact) mass is 443 g/mol. The third kappa shape index (κ3) is 3.68. The average molecular weight is 443 g/mol. The lowest BCUT2D eigenvalue weighted by Gasteiger charge is -2.36. The van der Waals surface area contributed by atoms with E-state index in [0.29, 0.717) is 36.1 Å². The number of aryl methyl sites for hydroxylation is 1. The Morgan fingerprint density at radius 1 is 1.16 bits per heavy atom. The molecule has 0 radical (unpaired) electrons. The van der Waals surface area contributed by atoms with Crippen molar-refractivity contribution in [1.82, 2.24) is 29.5 Å². The van der Waals surface area contributed by atoms with Gasteiger partial charge in [0, 0.05) is 30.7 Å². The number of alkyl halides is 3. The highest BCUT2D eigenvalue weighted by Crippen LogP contribution is 2.32. The van der Waals surface area contributed by atoms with E-state index in [1.807, 2.05) is 24.9 Å². The molecule has 0 amide bonds. The van der Waals surface area contributed by atoms with Gasteiger partial charge in [0.15, 0.2) is 0 Å². The van der Waals surface area contributed by atoms with Crippen LogP contribution in [-0.4, -0.2) is 48.7 Å². The summed E-state index contributed by atoms with van der Waals surface area (Å²) in [4.78, 5) is 15.3. The van der Waals surface area contributed by atoms with Gasteiger partial charge >= 0.3 is 6.18 Å². The maximum atomic E-state index is 13.2. The van der Waals surface area contributed by atoms with E-state index in [1.165, 1.54) is 16.7 Å². The van der Waals surface area contributed by atoms with E-state index in [-0.39, 0.29) is 12.2 Å². The van der Waals surface area contributed by atoms with Gasteiger partial charge in [0.1, 0.15) is 11.8 Å². The van der Waals surface area contributed by atoms with Crippen molar-refractivity contribution in [2.45, 2.75) is 32.2 Å². The fourth-order valence-corrected chi connectivity index (χ4v) is 3.96. The zero-order chi connectivity index (χ0) is 22.5. The largest absolute Gasteiger partial charge is 0.417 e. The molecule has 0 aliphatic carbocycles. The van der Waals surface area contributed by atoms with E-state index >= 15 is 0 Å². The number of hydrogen-bond donors (Lipinski definition) is 1. The van der Waals surface area contributed by atoms with Crippen LogP contribution in [0.5, 0.6) is 0 Å². The molecule has 0 spiro atoms. The minimum Gasteiger partial charge on any atom is -0.367 e. The minimum absolute atomic E-state index is 0.0690. The molecule has 2 atom stereocenters. The number of morpholine rings is 1. The summed E-state index contributed by atoms with van der Waals surface area (Å²) in [5, 5.41) is 7.03. The average Bonchev–Trinajstić information content (AvgIpc) is 3.38. The highest BCUT2D eigenvalue weighted by atomic mass is 19.4. The Bertz CT molecular complexity index is 1270. The lowest BCUT2D eigenvalue weighted by atomic mass is 10.1. The van der Waals surface area contributed by atoms with E-state index in [4.69, 9.17) is 4.74 Å². The first-order valence-electron chi connectivity index (χ1n) is 10.1. The normalized spacial score (nSPS) is 19.6. The highest BCUT2D eigenvalue weighted by Gasteiger charge is 2.32. The second-order valence-corrected chi connectivity index (χ2v) is 7.80. The molecule has 0 aromatic carbocycles. The SMILES string of the molecule is Cc1n[nH]cc1[C@@H]1CN(c2nccc(-c3cnc4ccc(C(F)(F)F)cn34)n2)C[C@H](C)O1. The molecule has 1 aliphatic rings. The molecule has 1 aliphatic heterocycles. The summed E-state index contributed by atoms with van der Waals surface area (Å²) in [6, 6.07) is 4.02. The Morgan fingerprint density at radius 3 is 2.75 bits per heavy atom. The van der Waals surface area contributed by atoms with Gasteiger partial charge in [-0.15, -0.1) is 0 Å². The molecule has 1 saturated heterocycles. The van der Waals surface area contributed by atoms with E-state index in [1.54, 1.807) is 12.3 Å². The molecular weight excluding hydrogens is 423 g/mol. The fraction of sp³-hybridized carbons (Fsp3) is 0.333. The van der Waals surface area contributed by atoms with Crippen LogP contribution < -0.4 is 4.90 Å². The van der Waals surface area contributed by atoms with E-state index < -0.39 is 11.7 Å². The Balaban J connectivity index is 1.49. The number of rotatable bonds is 3. The predicted molar refractivity (Wildman–Crippen MR) is 110 cm³/mol. The topological polar surface area (TPSA) is 84.2 Å². The molecule has 5 rings (SSSR count). The van der Waals surface area contributed by atoms with Crippen molar-refractivity contribution >= 4 is 11.6 Å². The number of halogens is 3. The van der Waals surface area contributed by atoms with Gasteiger partial charge in [-0.1, -0.05) is 0 Å². The van der Waals surface area contributed by atoms with Crippen molar-refractivity contribution in [2.75, 3.05) is 18.0 Å². The Kier molecular flexibility index (Phi) is 4.85. The van der Waals surface area contributed by atoms with Crippen LogP contribution in [0.25, 0.3) is 17.0 Å². The van der Waals surface area contributed by atoms with Crippen molar-refractivity contribution in [3.8, 4) is 11.4 Å². The molecule has 8 nitrogen and oxygen atoms in total.